The highest BCUT2D eigenvalue weighted by molar-refractivity contribution is 5.97. The zero-order valence-corrected chi connectivity index (χ0v) is 9.94. The highest BCUT2D eigenvalue weighted by atomic mass is 19.1. The van der Waals surface area contributed by atoms with E-state index in [1.165, 1.54) is 18.2 Å². The second-order valence-corrected chi connectivity index (χ2v) is 3.75. The number of halogens is 1. The Bertz CT molecular complexity index is 607. The molecule has 1 aromatic carbocycles. The standard InChI is InChI=1S/C12H10FN3O3/c1-7-6-10(19-16-7)12(18)15-14-11(17)8-2-4-9(13)5-3-8/h2-6H,1H3,(H,14,17)(H,15,18). The van der Waals surface area contributed by atoms with Crippen LogP contribution in [0.1, 0.15) is 26.6 Å². The zero-order chi connectivity index (χ0) is 13.8. The molecule has 2 amide bonds. The Balaban J connectivity index is 1.93. The summed E-state index contributed by atoms with van der Waals surface area (Å²) in [5, 5.41) is 3.54. The number of carbonyl (C=O) groups is 2. The van der Waals surface area contributed by atoms with Gasteiger partial charge in [0.1, 0.15) is 5.82 Å². The van der Waals surface area contributed by atoms with Crippen LogP contribution in [-0.2, 0) is 0 Å². The fourth-order valence-corrected chi connectivity index (χ4v) is 1.32. The summed E-state index contributed by atoms with van der Waals surface area (Å²) in [5.41, 5.74) is 5.11. The average Bonchev–Trinajstić information content (AvgIpc) is 2.83. The highest BCUT2D eigenvalue weighted by Gasteiger charge is 2.13. The van der Waals surface area contributed by atoms with Gasteiger partial charge in [-0.25, -0.2) is 4.39 Å². The lowest BCUT2D eigenvalue weighted by atomic mass is 10.2. The summed E-state index contributed by atoms with van der Waals surface area (Å²) in [6.45, 7) is 1.66. The highest BCUT2D eigenvalue weighted by Crippen LogP contribution is 2.03. The zero-order valence-electron chi connectivity index (χ0n) is 9.94. The number of aryl methyl sites for hydroxylation is 1. The van der Waals surface area contributed by atoms with Crippen LogP contribution in [-0.4, -0.2) is 17.0 Å². The number of aromatic nitrogens is 1. The van der Waals surface area contributed by atoms with Gasteiger partial charge in [0.2, 0.25) is 5.76 Å². The summed E-state index contributed by atoms with van der Waals surface area (Å²) in [4.78, 5) is 23.1. The van der Waals surface area contributed by atoms with Crippen molar-refractivity contribution in [2.45, 2.75) is 6.92 Å². The first kappa shape index (κ1) is 12.7. The molecule has 0 aliphatic rings. The van der Waals surface area contributed by atoms with Crippen LogP contribution in [0.4, 0.5) is 4.39 Å². The quantitative estimate of drug-likeness (QED) is 0.797. The van der Waals surface area contributed by atoms with E-state index in [1.807, 2.05) is 0 Å². The van der Waals surface area contributed by atoms with Crippen LogP contribution in [0.5, 0.6) is 0 Å². The molecule has 2 rings (SSSR count). The van der Waals surface area contributed by atoms with E-state index in [9.17, 15) is 14.0 Å². The second kappa shape index (κ2) is 5.30. The number of hydrazine groups is 1. The number of rotatable bonds is 2. The van der Waals surface area contributed by atoms with Gasteiger partial charge in [0, 0.05) is 11.6 Å². The maximum absolute atomic E-state index is 12.7. The summed E-state index contributed by atoms with van der Waals surface area (Å²) < 4.78 is 17.4. The van der Waals surface area contributed by atoms with Crippen LogP contribution < -0.4 is 10.9 Å². The van der Waals surface area contributed by atoms with E-state index in [2.05, 4.69) is 16.0 Å². The Hall–Kier alpha value is -2.70. The van der Waals surface area contributed by atoms with Crippen molar-refractivity contribution in [2.24, 2.45) is 0 Å². The molecule has 0 aliphatic carbocycles. The third kappa shape index (κ3) is 3.15. The second-order valence-electron chi connectivity index (χ2n) is 3.75. The minimum atomic E-state index is -0.629. The fraction of sp³-hybridized carbons (Fsp3) is 0.0833. The molecule has 1 aromatic heterocycles. The van der Waals surface area contributed by atoms with Crippen LogP contribution in [0.3, 0.4) is 0 Å². The van der Waals surface area contributed by atoms with Crippen molar-refractivity contribution >= 4 is 11.8 Å². The summed E-state index contributed by atoms with van der Waals surface area (Å²) in [6.07, 6.45) is 0. The smallest absolute Gasteiger partial charge is 0.308 e. The molecule has 0 unspecified atom stereocenters. The van der Waals surface area contributed by atoms with Crippen LogP contribution in [0, 0.1) is 12.7 Å². The van der Waals surface area contributed by atoms with Gasteiger partial charge in [-0.2, -0.15) is 0 Å². The third-order valence-corrected chi connectivity index (χ3v) is 2.25. The van der Waals surface area contributed by atoms with Gasteiger partial charge in [0.05, 0.1) is 5.69 Å². The Morgan fingerprint density at radius 3 is 2.37 bits per heavy atom. The van der Waals surface area contributed by atoms with Gasteiger partial charge in [0.25, 0.3) is 5.91 Å². The molecule has 2 N–H and O–H groups in total. The summed E-state index contributed by atoms with van der Waals surface area (Å²) in [5.74, 6) is -1.66. The third-order valence-electron chi connectivity index (χ3n) is 2.25. The van der Waals surface area contributed by atoms with Gasteiger partial charge in [-0.15, -0.1) is 0 Å². The molecule has 0 saturated carbocycles. The maximum Gasteiger partial charge on any atom is 0.308 e. The first-order valence-corrected chi connectivity index (χ1v) is 5.36. The van der Waals surface area contributed by atoms with Crippen molar-refractivity contribution in [1.29, 1.82) is 0 Å². The van der Waals surface area contributed by atoms with Crippen molar-refractivity contribution in [1.82, 2.24) is 16.0 Å². The predicted octanol–water partition coefficient (Wildman–Crippen LogP) is 1.20. The molecule has 98 valence electrons. The molecular weight excluding hydrogens is 253 g/mol. The molecule has 0 fully saturated rings. The Morgan fingerprint density at radius 1 is 1.16 bits per heavy atom. The molecule has 0 aliphatic heterocycles. The van der Waals surface area contributed by atoms with Crippen LogP contribution >= 0.6 is 0 Å². The number of carbonyl (C=O) groups excluding carboxylic acids is 2. The van der Waals surface area contributed by atoms with Crippen molar-refractivity contribution in [2.75, 3.05) is 0 Å². The van der Waals surface area contributed by atoms with Gasteiger partial charge in [-0.05, 0) is 31.2 Å². The van der Waals surface area contributed by atoms with E-state index in [0.29, 0.717) is 5.69 Å². The molecule has 1 heterocycles. The number of hydrogen-bond acceptors (Lipinski definition) is 4. The molecule has 0 bridgehead atoms. The summed E-state index contributed by atoms with van der Waals surface area (Å²) >= 11 is 0. The van der Waals surface area contributed by atoms with Gasteiger partial charge in [-0.1, -0.05) is 5.16 Å². The topological polar surface area (TPSA) is 84.2 Å². The largest absolute Gasteiger partial charge is 0.351 e. The molecule has 0 atom stereocenters. The van der Waals surface area contributed by atoms with E-state index in [0.717, 1.165) is 12.1 Å². The molecule has 7 heteroatoms. The monoisotopic (exact) mass is 263 g/mol. The van der Waals surface area contributed by atoms with Crippen molar-refractivity contribution < 1.29 is 18.5 Å². The van der Waals surface area contributed by atoms with Gasteiger partial charge in [-0.3, -0.25) is 20.4 Å². The number of nitrogens with one attached hydrogen (secondary N) is 2. The van der Waals surface area contributed by atoms with E-state index in [1.54, 1.807) is 6.92 Å². The van der Waals surface area contributed by atoms with E-state index in [4.69, 9.17) is 4.52 Å². The Labute approximate surface area is 107 Å². The van der Waals surface area contributed by atoms with E-state index < -0.39 is 17.6 Å². The van der Waals surface area contributed by atoms with Crippen LogP contribution in [0.25, 0.3) is 0 Å². The van der Waals surface area contributed by atoms with Gasteiger partial charge in [0.15, 0.2) is 0 Å². The van der Waals surface area contributed by atoms with Crippen molar-refractivity contribution in [3.8, 4) is 0 Å². The minimum Gasteiger partial charge on any atom is -0.351 e. The Kier molecular flexibility index (Phi) is 3.56. The van der Waals surface area contributed by atoms with Gasteiger partial charge >= 0.3 is 5.91 Å². The van der Waals surface area contributed by atoms with Crippen LogP contribution in [0.2, 0.25) is 0 Å². The average molecular weight is 263 g/mol. The van der Waals surface area contributed by atoms with Crippen molar-refractivity contribution in [3.63, 3.8) is 0 Å². The normalized spacial score (nSPS) is 10.0. The summed E-state index contributed by atoms with van der Waals surface area (Å²) in [7, 11) is 0. The number of hydrogen-bond donors (Lipinski definition) is 2. The molecule has 0 saturated heterocycles. The molecule has 0 spiro atoms. The first-order valence-electron chi connectivity index (χ1n) is 5.36. The predicted molar refractivity (Wildman–Crippen MR) is 62.6 cm³/mol. The first-order chi connectivity index (χ1) is 9.06. The molecular formula is C12H10FN3O3. The molecule has 0 radical (unpaired) electrons. The summed E-state index contributed by atoms with van der Waals surface area (Å²) in [6, 6.07) is 6.33. The molecule has 19 heavy (non-hydrogen) atoms. The lowest BCUT2D eigenvalue weighted by molar-refractivity contribution is 0.0825. The molecule has 2 aromatic rings. The lowest BCUT2D eigenvalue weighted by Crippen LogP contribution is -2.41. The lowest BCUT2D eigenvalue weighted by Gasteiger charge is -2.05. The minimum absolute atomic E-state index is 0.0168. The molecule has 6 nitrogen and oxygen atoms in total. The number of amides is 2. The SMILES string of the molecule is Cc1cc(C(=O)NNC(=O)c2ccc(F)cc2)on1. The fourth-order valence-electron chi connectivity index (χ4n) is 1.32. The maximum atomic E-state index is 12.7. The number of nitrogens with zero attached hydrogens (tertiary/aromatic N) is 1. The van der Waals surface area contributed by atoms with Crippen LogP contribution in [0.15, 0.2) is 34.9 Å². The van der Waals surface area contributed by atoms with E-state index in [-0.39, 0.29) is 11.3 Å². The number of benzene rings is 1. The van der Waals surface area contributed by atoms with Gasteiger partial charge < -0.3 is 4.52 Å². The van der Waals surface area contributed by atoms with E-state index >= 15 is 0 Å². The Morgan fingerprint density at radius 2 is 1.79 bits per heavy atom. The van der Waals surface area contributed by atoms with Crippen molar-refractivity contribution in [3.05, 3.63) is 53.2 Å².